The Morgan fingerprint density at radius 3 is 2.65 bits per heavy atom. The summed E-state index contributed by atoms with van der Waals surface area (Å²) in [5.74, 6) is 0.799. The third-order valence-electron chi connectivity index (χ3n) is 3.89. The fourth-order valence-electron chi connectivity index (χ4n) is 2.82. The molecule has 0 aromatic heterocycles. The fraction of sp³-hybridized carbons (Fsp3) is 0.533. The van der Waals surface area contributed by atoms with Crippen molar-refractivity contribution in [3.63, 3.8) is 0 Å². The SMILES string of the molecule is COc1ccc(CN2CCC(C)C2C(=O)O)cc1OC. The number of carboxylic acids is 1. The second-order valence-corrected chi connectivity index (χ2v) is 5.21. The second-order valence-electron chi connectivity index (χ2n) is 5.21. The van der Waals surface area contributed by atoms with Crippen LogP contribution in [0, 0.1) is 5.92 Å². The van der Waals surface area contributed by atoms with Gasteiger partial charge in [-0.2, -0.15) is 0 Å². The van der Waals surface area contributed by atoms with Crippen molar-refractivity contribution in [3.05, 3.63) is 23.8 Å². The molecule has 0 amide bonds. The fourth-order valence-corrected chi connectivity index (χ4v) is 2.82. The van der Waals surface area contributed by atoms with Gasteiger partial charge in [0, 0.05) is 6.54 Å². The van der Waals surface area contributed by atoms with Crippen molar-refractivity contribution >= 4 is 5.97 Å². The van der Waals surface area contributed by atoms with Crippen molar-refractivity contribution in [2.75, 3.05) is 20.8 Å². The molecule has 1 heterocycles. The largest absolute Gasteiger partial charge is 0.493 e. The summed E-state index contributed by atoms with van der Waals surface area (Å²) in [5.41, 5.74) is 1.03. The zero-order valence-corrected chi connectivity index (χ0v) is 12.1. The van der Waals surface area contributed by atoms with Gasteiger partial charge in [-0.05, 0) is 36.6 Å². The molecule has 0 radical (unpaired) electrons. The normalized spacial score (nSPS) is 22.8. The van der Waals surface area contributed by atoms with Gasteiger partial charge in [0.15, 0.2) is 11.5 Å². The summed E-state index contributed by atoms with van der Waals surface area (Å²) in [7, 11) is 3.19. The number of carbonyl (C=O) groups is 1. The maximum absolute atomic E-state index is 11.3. The first kappa shape index (κ1) is 14.7. The number of benzene rings is 1. The average molecular weight is 279 g/mol. The molecule has 0 bridgehead atoms. The van der Waals surface area contributed by atoms with E-state index >= 15 is 0 Å². The Hall–Kier alpha value is -1.75. The Labute approximate surface area is 119 Å². The van der Waals surface area contributed by atoms with Crippen LogP contribution in [-0.4, -0.2) is 42.8 Å². The molecule has 2 unspecified atom stereocenters. The van der Waals surface area contributed by atoms with Crippen LogP contribution in [0.3, 0.4) is 0 Å². The van der Waals surface area contributed by atoms with E-state index in [0.717, 1.165) is 18.5 Å². The van der Waals surface area contributed by atoms with E-state index in [0.29, 0.717) is 18.0 Å². The van der Waals surface area contributed by atoms with E-state index < -0.39 is 12.0 Å². The Balaban J connectivity index is 2.15. The molecule has 2 rings (SSSR count). The van der Waals surface area contributed by atoms with Gasteiger partial charge >= 0.3 is 5.97 Å². The summed E-state index contributed by atoms with van der Waals surface area (Å²) < 4.78 is 10.5. The lowest BCUT2D eigenvalue weighted by Crippen LogP contribution is -2.38. The number of likely N-dealkylation sites (tertiary alicyclic amines) is 1. The van der Waals surface area contributed by atoms with E-state index in [4.69, 9.17) is 9.47 Å². The predicted octanol–water partition coefficient (Wildman–Crippen LogP) is 2.00. The third kappa shape index (κ3) is 2.88. The lowest BCUT2D eigenvalue weighted by Gasteiger charge is -2.23. The molecular formula is C15H21NO4. The average Bonchev–Trinajstić information content (AvgIpc) is 2.79. The Bertz CT molecular complexity index is 489. The molecule has 1 fully saturated rings. The topological polar surface area (TPSA) is 59.0 Å². The van der Waals surface area contributed by atoms with Gasteiger partial charge in [0.05, 0.1) is 14.2 Å². The summed E-state index contributed by atoms with van der Waals surface area (Å²) >= 11 is 0. The molecule has 20 heavy (non-hydrogen) atoms. The molecule has 0 aliphatic carbocycles. The first-order valence-electron chi connectivity index (χ1n) is 6.74. The minimum atomic E-state index is -0.740. The van der Waals surface area contributed by atoms with Gasteiger partial charge in [-0.15, -0.1) is 0 Å². The van der Waals surface area contributed by atoms with Crippen molar-refractivity contribution in [2.45, 2.75) is 25.9 Å². The van der Waals surface area contributed by atoms with Crippen LogP contribution >= 0.6 is 0 Å². The maximum atomic E-state index is 11.3. The van der Waals surface area contributed by atoms with Crippen LogP contribution in [0.2, 0.25) is 0 Å². The molecule has 1 aliphatic rings. The monoisotopic (exact) mass is 279 g/mol. The van der Waals surface area contributed by atoms with Crippen molar-refractivity contribution in [3.8, 4) is 11.5 Å². The van der Waals surface area contributed by atoms with E-state index in [1.165, 1.54) is 0 Å². The third-order valence-corrected chi connectivity index (χ3v) is 3.89. The summed E-state index contributed by atoms with van der Waals surface area (Å²) in [6.07, 6.45) is 0.921. The highest BCUT2D eigenvalue weighted by molar-refractivity contribution is 5.74. The lowest BCUT2D eigenvalue weighted by molar-refractivity contribution is -0.143. The quantitative estimate of drug-likeness (QED) is 0.893. The van der Waals surface area contributed by atoms with Gasteiger partial charge < -0.3 is 14.6 Å². The molecule has 1 aliphatic heterocycles. The number of hydrogen-bond acceptors (Lipinski definition) is 4. The highest BCUT2D eigenvalue weighted by Crippen LogP contribution is 2.30. The summed E-state index contributed by atoms with van der Waals surface area (Å²) in [4.78, 5) is 13.4. The van der Waals surface area contributed by atoms with Crippen LogP contribution in [0.15, 0.2) is 18.2 Å². The first-order chi connectivity index (χ1) is 9.56. The van der Waals surface area contributed by atoms with E-state index in [2.05, 4.69) is 0 Å². The molecule has 5 heteroatoms. The van der Waals surface area contributed by atoms with E-state index in [-0.39, 0.29) is 5.92 Å². The van der Waals surface area contributed by atoms with Crippen molar-refractivity contribution in [2.24, 2.45) is 5.92 Å². The van der Waals surface area contributed by atoms with Crippen LogP contribution in [-0.2, 0) is 11.3 Å². The minimum Gasteiger partial charge on any atom is -0.493 e. The number of nitrogens with zero attached hydrogens (tertiary/aromatic N) is 1. The van der Waals surface area contributed by atoms with Gasteiger partial charge in [-0.1, -0.05) is 13.0 Å². The number of hydrogen-bond donors (Lipinski definition) is 1. The molecule has 1 aromatic carbocycles. The molecule has 5 nitrogen and oxygen atoms in total. The lowest BCUT2D eigenvalue weighted by atomic mass is 10.0. The van der Waals surface area contributed by atoms with Crippen LogP contribution in [0.1, 0.15) is 18.9 Å². The van der Waals surface area contributed by atoms with Gasteiger partial charge in [0.25, 0.3) is 0 Å². The maximum Gasteiger partial charge on any atom is 0.321 e. The Kier molecular flexibility index (Phi) is 4.49. The summed E-state index contributed by atoms with van der Waals surface area (Å²) in [6, 6.07) is 5.30. The highest BCUT2D eigenvalue weighted by atomic mass is 16.5. The molecule has 0 spiro atoms. The zero-order chi connectivity index (χ0) is 14.7. The van der Waals surface area contributed by atoms with E-state index in [1.807, 2.05) is 30.0 Å². The first-order valence-corrected chi connectivity index (χ1v) is 6.74. The Morgan fingerprint density at radius 1 is 1.35 bits per heavy atom. The predicted molar refractivity (Wildman–Crippen MR) is 75.2 cm³/mol. The number of carboxylic acid groups (broad SMARTS) is 1. The molecule has 1 aromatic rings. The van der Waals surface area contributed by atoms with E-state index in [9.17, 15) is 9.90 Å². The number of rotatable bonds is 5. The molecule has 2 atom stereocenters. The van der Waals surface area contributed by atoms with Crippen LogP contribution in [0.4, 0.5) is 0 Å². The van der Waals surface area contributed by atoms with Gasteiger partial charge in [-0.3, -0.25) is 9.69 Å². The van der Waals surface area contributed by atoms with Gasteiger partial charge in [0.2, 0.25) is 0 Å². The Morgan fingerprint density at radius 2 is 2.05 bits per heavy atom. The highest BCUT2D eigenvalue weighted by Gasteiger charge is 2.36. The smallest absolute Gasteiger partial charge is 0.321 e. The number of ether oxygens (including phenoxy) is 2. The molecular weight excluding hydrogens is 258 g/mol. The number of aliphatic carboxylic acids is 1. The van der Waals surface area contributed by atoms with Crippen LogP contribution in [0.25, 0.3) is 0 Å². The van der Waals surface area contributed by atoms with Crippen LogP contribution < -0.4 is 9.47 Å². The zero-order valence-electron chi connectivity index (χ0n) is 12.1. The molecule has 1 N–H and O–H groups in total. The van der Waals surface area contributed by atoms with Gasteiger partial charge in [-0.25, -0.2) is 0 Å². The van der Waals surface area contributed by atoms with Crippen molar-refractivity contribution in [1.29, 1.82) is 0 Å². The number of methoxy groups -OCH3 is 2. The molecule has 110 valence electrons. The second kappa shape index (κ2) is 6.13. The van der Waals surface area contributed by atoms with Crippen molar-refractivity contribution in [1.82, 2.24) is 4.90 Å². The van der Waals surface area contributed by atoms with Crippen LogP contribution in [0.5, 0.6) is 11.5 Å². The summed E-state index contributed by atoms with van der Waals surface area (Å²) in [6.45, 7) is 3.42. The van der Waals surface area contributed by atoms with Crippen molar-refractivity contribution < 1.29 is 19.4 Å². The minimum absolute atomic E-state index is 0.188. The standard InChI is InChI=1S/C15H21NO4/c1-10-6-7-16(14(10)15(17)18)9-11-4-5-12(19-2)13(8-11)20-3/h4-5,8,10,14H,6-7,9H2,1-3H3,(H,17,18). The summed E-state index contributed by atoms with van der Waals surface area (Å²) in [5, 5.41) is 9.33. The molecule has 0 saturated carbocycles. The molecule has 1 saturated heterocycles. The van der Waals surface area contributed by atoms with Gasteiger partial charge in [0.1, 0.15) is 6.04 Å². The van der Waals surface area contributed by atoms with E-state index in [1.54, 1.807) is 14.2 Å².